The Morgan fingerprint density at radius 3 is 1.41 bits per heavy atom. The van der Waals surface area contributed by atoms with Gasteiger partial charge in [0.2, 0.25) is 0 Å². The van der Waals surface area contributed by atoms with Gasteiger partial charge in [0.1, 0.15) is 11.6 Å². The molecule has 0 aliphatic carbocycles. The average molecular weight is 933 g/mol. The molecule has 16 heteroatoms. The third-order valence-corrected chi connectivity index (χ3v) is 16.0. The molecular weight excluding hydrogens is 879 g/mol. The number of nitrogens with zero attached hydrogens (tertiary/aromatic N) is 2. The van der Waals surface area contributed by atoms with Crippen molar-refractivity contribution >= 4 is 65.5 Å². The highest BCUT2D eigenvalue weighted by Gasteiger charge is 2.26. The van der Waals surface area contributed by atoms with Crippen molar-refractivity contribution < 1.29 is 25.6 Å². The Morgan fingerprint density at radius 1 is 0.556 bits per heavy atom. The number of hydrogen-bond acceptors (Lipinski definition) is 10. The molecule has 4 N–H and O–H groups in total. The molecule has 2 saturated heterocycles. The minimum Gasteiger partial charge on any atom is -0.368 e. The number of aryl methyl sites for hydroxylation is 3. The van der Waals surface area contributed by atoms with E-state index in [1.54, 1.807) is 90.3 Å². The van der Waals surface area contributed by atoms with E-state index in [0.717, 1.165) is 58.4 Å². The Labute approximate surface area is 378 Å². The summed E-state index contributed by atoms with van der Waals surface area (Å²) in [4.78, 5) is 6.68. The number of anilines is 4. The maximum Gasteiger partial charge on any atom is 0.262 e. The summed E-state index contributed by atoms with van der Waals surface area (Å²) in [7, 11) is -7.86. The van der Waals surface area contributed by atoms with E-state index in [4.69, 9.17) is 0 Å². The van der Waals surface area contributed by atoms with Gasteiger partial charge in [-0.05, 0) is 160 Å². The minimum atomic E-state index is -3.95. The Hall–Kier alpha value is -4.84. The maximum absolute atomic E-state index is 14.6. The summed E-state index contributed by atoms with van der Waals surface area (Å²) in [5, 5.41) is 11.0. The molecule has 334 valence electrons. The molecule has 8 rings (SSSR count). The van der Waals surface area contributed by atoms with Gasteiger partial charge >= 0.3 is 0 Å². The van der Waals surface area contributed by atoms with Crippen LogP contribution in [0.2, 0.25) is 0 Å². The molecule has 4 heterocycles. The first kappa shape index (κ1) is 46.2. The van der Waals surface area contributed by atoms with Crippen molar-refractivity contribution in [2.24, 2.45) is 0 Å². The van der Waals surface area contributed by atoms with Crippen molar-refractivity contribution in [3.63, 3.8) is 0 Å². The zero-order valence-electron chi connectivity index (χ0n) is 36.4. The topological polar surface area (TPSA) is 123 Å². The Balaban J connectivity index is 0.000000189. The zero-order valence-corrected chi connectivity index (χ0v) is 39.6. The van der Waals surface area contributed by atoms with Gasteiger partial charge in [-0.15, -0.1) is 22.7 Å². The van der Waals surface area contributed by atoms with Crippen LogP contribution in [0.3, 0.4) is 0 Å². The number of sulfonamides is 2. The van der Waals surface area contributed by atoms with Gasteiger partial charge in [0.25, 0.3) is 20.0 Å². The molecule has 2 aliphatic heterocycles. The monoisotopic (exact) mass is 932 g/mol. The van der Waals surface area contributed by atoms with Gasteiger partial charge in [-0.3, -0.25) is 9.44 Å². The number of thiophene rings is 2. The second-order valence-electron chi connectivity index (χ2n) is 16.8. The summed E-state index contributed by atoms with van der Waals surface area (Å²) < 4.78 is 86.0. The molecular formula is C47H54F2N6O4S4. The molecule has 0 saturated carbocycles. The molecule has 2 fully saturated rings. The summed E-state index contributed by atoms with van der Waals surface area (Å²) >= 11 is 3.23. The molecule has 2 aromatic heterocycles. The lowest BCUT2D eigenvalue weighted by Crippen LogP contribution is -2.54. The summed E-state index contributed by atoms with van der Waals surface area (Å²) in [6.07, 6.45) is 0. The molecule has 63 heavy (non-hydrogen) atoms. The SMILES string of the molecule is Cc1csc(-c2ccc(S(=O)(=O)Nc3cc(N4C[C@@H](C)N[C@@H](C)C4)ccc3F)c(C)c2)c1.Cc1csc(-c2ccc(S(=O)(=O)Nc3cc(N4C[C@@H](C)N[C@@H](C)C4)ccc3F)cc2)c1. The lowest BCUT2D eigenvalue weighted by molar-refractivity contribution is 0.407. The largest absolute Gasteiger partial charge is 0.368 e. The third kappa shape index (κ3) is 11.3. The first-order valence-corrected chi connectivity index (χ1v) is 25.5. The van der Waals surface area contributed by atoms with E-state index in [1.807, 2.05) is 19.9 Å². The summed E-state index contributed by atoms with van der Waals surface area (Å²) in [5.74, 6) is -1.20. The molecule has 0 radical (unpaired) electrons. The fraction of sp³-hybridized carbons (Fsp3) is 0.319. The first-order valence-electron chi connectivity index (χ1n) is 20.8. The number of nitrogens with one attached hydrogen (secondary N) is 4. The van der Waals surface area contributed by atoms with Crippen LogP contribution >= 0.6 is 22.7 Å². The predicted molar refractivity (Wildman–Crippen MR) is 257 cm³/mol. The van der Waals surface area contributed by atoms with Gasteiger partial charge in [0.05, 0.1) is 21.2 Å². The number of benzene rings is 4. The fourth-order valence-electron chi connectivity index (χ4n) is 8.12. The quantitative estimate of drug-likeness (QED) is 0.107. The molecule has 0 amide bonds. The Morgan fingerprint density at radius 2 is 0.984 bits per heavy atom. The van der Waals surface area contributed by atoms with Crippen LogP contribution in [0.25, 0.3) is 20.9 Å². The Kier molecular flexibility index (Phi) is 14.0. The highest BCUT2D eigenvalue weighted by Crippen LogP contribution is 2.33. The van der Waals surface area contributed by atoms with Crippen molar-refractivity contribution in [1.29, 1.82) is 0 Å². The van der Waals surface area contributed by atoms with Gasteiger partial charge < -0.3 is 20.4 Å². The lowest BCUT2D eigenvalue weighted by Gasteiger charge is -2.37. The van der Waals surface area contributed by atoms with Gasteiger partial charge in [-0.2, -0.15) is 0 Å². The smallest absolute Gasteiger partial charge is 0.262 e. The van der Waals surface area contributed by atoms with E-state index in [2.05, 4.69) is 80.5 Å². The Bertz CT molecular complexity index is 2780. The van der Waals surface area contributed by atoms with Crippen LogP contribution in [0.4, 0.5) is 31.5 Å². The highest BCUT2D eigenvalue weighted by atomic mass is 32.2. The molecule has 4 aromatic carbocycles. The average Bonchev–Trinajstić information content (AvgIpc) is 3.87. The summed E-state index contributed by atoms with van der Waals surface area (Å²) in [6.45, 7) is 17.3. The molecule has 10 nitrogen and oxygen atoms in total. The molecule has 0 unspecified atom stereocenters. The molecule has 4 atom stereocenters. The third-order valence-electron chi connectivity index (χ3n) is 10.9. The van der Waals surface area contributed by atoms with Crippen molar-refractivity contribution in [3.8, 4) is 20.9 Å². The van der Waals surface area contributed by atoms with E-state index in [-0.39, 0.29) is 33.2 Å². The van der Waals surface area contributed by atoms with Crippen LogP contribution < -0.4 is 29.9 Å². The van der Waals surface area contributed by atoms with E-state index in [0.29, 0.717) is 17.6 Å². The van der Waals surface area contributed by atoms with Crippen LogP contribution in [0, 0.1) is 32.4 Å². The van der Waals surface area contributed by atoms with Crippen molar-refractivity contribution in [1.82, 2.24) is 10.6 Å². The first-order chi connectivity index (χ1) is 29.8. The van der Waals surface area contributed by atoms with Crippen LogP contribution in [0.5, 0.6) is 0 Å². The van der Waals surface area contributed by atoms with Crippen LogP contribution in [0.15, 0.2) is 112 Å². The zero-order chi connectivity index (χ0) is 45.2. The van der Waals surface area contributed by atoms with E-state index in [1.165, 1.54) is 23.3 Å². The molecule has 0 bridgehead atoms. The molecule has 2 aliphatic rings. The maximum atomic E-state index is 14.6. The van der Waals surface area contributed by atoms with Crippen LogP contribution in [-0.2, 0) is 20.0 Å². The number of rotatable bonds is 10. The van der Waals surface area contributed by atoms with Crippen molar-refractivity contribution in [2.45, 2.75) is 82.4 Å². The molecule has 0 spiro atoms. The van der Waals surface area contributed by atoms with Gasteiger partial charge in [0, 0.05) is 71.5 Å². The second kappa shape index (κ2) is 19.1. The number of halogens is 2. The van der Waals surface area contributed by atoms with Gasteiger partial charge in [-0.25, -0.2) is 25.6 Å². The summed E-state index contributed by atoms with van der Waals surface area (Å²) in [5.41, 5.74) is 6.37. The van der Waals surface area contributed by atoms with E-state index in [9.17, 15) is 25.6 Å². The second-order valence-corrected chi connectivity index (χ2v) is 21.9. The van der Waals surface area contributed by atoms with E-state index < -0.39 is 31.7 Å². The number of hydrogen-bond donors (Lipinski definition) is 4. The normalized spacial score (nSPS) is 19.3. The fourth-order valence-corrected chi connectivity index (χ4v) is 12.3. The lowest BCUT2D eigenvalue weighted by atomic mass is 10.1. The van der Waals surface area contributed by atoms with Crippen LogP contribution in [0.1, 0.15) is 44.4 Å². The van der Waals surface area contributed by atoms with E-state index >= 15 is 0 Å². The minimum absolute atomic E-state index is 0.0429. The predicted octanol–water partition coefficient (Wildman–Crippen LogP) is 10.0. The van der Waals surface area contributed by atoms with Crippen molar-refractivity contribution in [2.75, 3.05) is 45.4 Å². The van der Waals surface area contributed by atoms with Gasteiger partial charge in [-0.1, -0.05) is 18.2 Å². The van der Waals surface area contributed by atoms with Crippen LogP contribution in [-0.4, -0.2) is 67.2 Å². The highest BCUT2D eigenvalue weighted by molar-refractivity contribution is 7.93. The van der Waals surface area contributed by atoms with Crippen molar-refractivity contribution in [3.05, 3.63) is 130 Å². The summed E-state index contributed by atoms with van der Waals surface area (Å²) in [6, 6.07) is 26.3. The van der Waals surface area contributed by atoms with Gasteiger partial charge in [0.15, 0.2) is 0 Å². The molecule has 6 aromatic rings. The standard InChI is InChI=1S/C24H28FN3O2S2.C23H26FN3O2S2/c1-15-9-23(31-14-15)19-5-8-24(16(2)10-19)32(29,30)27-22-11-20(6-7-21(22)25)28-12-17(3)26-18(4)13-28;1-15-10-23(30-14-15)18-4-7-20(8-5-18)31(28,29)26-22-11-19(6-9-21(22)24)27-12-16(2)25-17(3)13-27/h5-11,14,17-18,26-27H,12-13H2,1-4H3;4-11,14,16-17,25-26H,12-13H2,1-3H3/t17-,18+;16-,17+. The number of piperazine rings is 2.